The fraction of sp³-hybridized carbons (Fsp3) is 0.409. The van der Waals surface area contributed by atoms with Crippen molar-refractivity contribution in [2.75, 3.05) is 38.7 Å². The van der Waals surface area contributed by atoms with E-state index in [4.69, 9.17) is 4.74 Å². The number of hydrogen-bond donors (Lipinski definition) is 0. The van der Waals surface area contributed by atoms with Crippen LogP contribution in [0.15, 0.2) is 29.8 Å². The first-order chi connectivity index (χ1) is 15.5. The van der Waals surface area contributed by atoms with E-state index in [1.54, 1.807) is 18.7 Å². The number of benzene rings is 1. The van der Waals surface area contributed by atoms with Crippen molar-refractivity contribution in [3.8, 4) is 11.8 Å². The lowest BCUT2D eigenvalue weighted by atomic mass is 9.99. The molecule has 0 bridgehead atoms. The van der Waals surface area contributed by atoms with Crippen molar-refractivity contribution in [3.63, 3.8) is 0 Å². The standard InChI is InChI=1S/C22H24N6O3S/c1-26(21-14-32-22(25-21)28(29)30)16-5-8-27(9-6-16)10-7-18-15(12-23)13-24-20-4-3-17(31-2)11-19(18)20/h3-4,11,13-14,16H,5-10H2,1-2H3. The Morgan fingerprint density at radius 2 is 2.19 bits per heavy atom. The maximum Gasteiger partial charge on any atom is 0.425 e. The van der Waals surface area contributed by atoms with Gasteiger partial charge in [-0.1, -0.05) is 0 Å². The number of aromatic nitrogens is 2. The van der Waals surface area contributed by atoms with Gasteiger partial charge in [-0.3, -0.25) is 4.98 Å². The third-order valence-electron chi connectivity index (χ3n) is 6.09. The average Bonchev–Trinajstić information content (AvgIpc) is 3.32. The highest BCUT2D eigenvalue weighted by atomic mass is 32.1. The number of ether oxygens (including phenoxy) is 1. The second-order valence-corrected chi connectivity index (χ2v) is 8.66. The summed E-state index contributed by atoms with van der Waals surface area (Å²) in [7, 11) is 3.59. The van der Waals surface area contributed by atoms with Gasteiger partial charge in [-0.05, 0) is 64.3 Å². The highest BCUT2D eigenvalue weighted by Crippen LogP contribution is 2.28. The SMILES string of the molecule is COc1ccc2ncc(C#N)c(CCN3CCC(N(C)c4csc([N+](=O)[O-])n4)CC3)c2c1. The van der Waals surface area contributed by atoms with Crippen molar-refractivity contribution in [2.45, 2.75) is 25.3 Å². The zero-order valence-electron chi connectivity index (χ0n) is 18.0. The molecule has 4 rings (SSSR count). The molecule has 1 aliphatic rings. The van der Waals surface area contributed by atoms with E-state index in [0.717, 1.165) is 72.4 Å². The lowest BCUT2D eigenvalue weighted by molar-refractivity contribution is -0.384. The Hall–Kier alpha value is -3.29. The second-order valence-electron chi connectivity index (χ2n) is 7.82. The van der Waals surface area contributed by atoms with Crippen LogP contribution in [0.1, 0.15) is 24.0 Å². The van der Waals surface area contributed by atoms with Crippen molar-refractivity contribution >= 4 is 33.2 Å². The molecule has 1 aromatic carbocycles. The molecule has 0 unspecified atom stereocenters. The lowest BCUT2D eigenvalue weighted by Gasteiger charge is -2.36. The summed E-state index contributed by atoms with van der Waals surface area (Å²) in [5.74, 6) is 1.41. The van der Waals surface area contributed by atoms with E-state index < -0.39 is 4.92 Å². The van der Waals surface area contributed by atoms with E-state index in [2.05, 4.69) is 25.8 Å². The van der Waals surface area contributed by atoms with Crippen LogP contribution in [0, 0.1) is 21.4 Å². The number of rotatable bonds is 7. The molecule has 0 radical (unpaired) electrons. The van der Waals surface area contributed by atoms with Crippen LogP contribution in [0.3, 0.4) is 0 Å². The van der Waals surface area contributed by atoms with E-state index in [9.17, 15) is 15.4 Å². The third kappa shape index (κ3) is 4.49. The summed E-state index contributed by atoms with van der Waals surface area (Å²) in [5, 5.41) is 23.1. The topological polar surface area (TPSA) is 108 Å². The van der Waals surface area contributed by atoms with E-state index in [-0.39, 0.29) is 5.13 Å². The second kappa shape index (κ2) is 9.46. The van der Waals surface area contributed by atoms with Gasteiger partial charge < -0.3 is 24.7 Å². The van der Waals surface area contributed by atoms with E-state index in [0.29, 0.717) is 17.4 Å². The zero-order chi connectivity index (χ0) is 22.7. The minimum atomic E-state index is -0.446. The number of piperidine rings is 1. The molecule has 0 atom stereocenters. The van der Waals surface area contributed by atoms with Crippen LogP contribution in [0.5, 0.6) is 5.75 Å². The van der Waals surface area contributed by atoms with Crippen LogP contribution in [0.4, 0.5) is 10.9 Å². The van der Waals surface area contributed by atoms with Crippen molar-refractivity contribution in [1.82, 2.24) is 14.9 Å². The molecular weight excluding hydrogens is 428 g/mol. The fourth-order valence-corrected chi connectivity index (χ4v) is 4.87. The minimum Gasteiger partial charge on any atom is -0.497 e. The van der Waals surface area contributed by atoms with Gasteiger partial charge in [0.05, 0.1) is 23.6 Å². The molecule has 9 nitrogen and oxygen atoms in total. The number of nitrogens with zero attached hydrogens (tertiary/aromatic N) is 6. The molecule has 0 aliphatic carbocycles. The van der Waals surface area contributed by atoms with Gasteiger partial charge >= 0.3 is 5.13 Å². The largest absolute Gasteiger partial charge is 0.497 e. The molecule has 0 saturated carbocycles. The molecule has 3 heterocycles. The molecule has 0 spiro atoms. The van der Waals surface area contributed by atoms with Gasteiger partial charge in [0.15, 0.2) is 0 Å². The smallest absolute Gasteiger partial charge is 0.425 e. The number of methoxy groups -OCH3 is 1. The summed E-state index contributed by atoms with van der Waals surface area (Å²) in [6.07, 6.45) is 4.32. The van der Waals surface area contributed by atoms with Crippen LogP contribution in [0.2, 0.25) is 0 Å². The van der Waals surface area contributed by atoms with Crippen LogP contribution in [0.25, 0.3) is 10.9 Å². The van der Waals surface area contributed by atoms with Gasteiger partial charge in [-0.25, -0.2) is 0 Å². The minimum absolute atomic E-state index is 0.0706. The number of nitro groups is 1. The van der Waals surface area contributed by atoms with Crippen molar-refractivity contribution in [1.29, 1.82) is 5.26 Å². The van der Waals surface area contributed by atoms with Gasteiger partial charge in [-0.15, -0.1) is 0 Å². The van der Waals surface area contributed by atoms with Crippen molar-refractivity contribution in [2.24, 2.45) is 0 Å². The van der Waals surface area contributed by atoms with Gasteiger partial charge in [-0.2, -0.15) is 5.26 Å². The third-order valence-corrected chi connectivity index (χ3v) is 6.87. The molecule has 1 aliphatic heterocycles. The first kappa shape index (κ1) is 21.9. The summed E-state index contributed by atoms with van der Waals surface area (Å²) in [6.45, 7) is 2.70. The van der Waals surface area contributed by atoms with Crippen molar-refractivity contribution in [3.05, 3.63) is 51.0 Å². The summed E-state index contributed by atoms with van der Waals surface area (Å²) in [4.78, 5) is 23.5. The highest BCUT2D eigenvalue weighted by molar-refractivity contribution is 7.13. The number of pyridine rings is 1. The number of nitriles is 1. The lowest BCUT2D eigenvalue weighted by Crippen LogP contribution is -2.44. The molecule has 10 heteroatoms. The molecule has 0 amide bonds. The van der Waals surface area contributed by atoms with E-state index >= 15 is 0 Å². The predicted octanol–water partition coefficient (Wildman–Crippen LogP) is 3.62. The average molecular weight is 453 g/mol. The van der Waals surface area contributed by atoms with Crippen LogP contribution >= 0.6 is 11.3 Å². The molecule has 3 aromatic rings. The van der Waals surface area contributed by atoms with Crippen LogP contribution in [-0.2, 0) is 6.42 Å². The number of fused-ring (bicyclic) bond motifs is 1. The molecule has 0 N–H and O–H groups in total. The van der Waals surface area contributed by atoms with E-state index in [1.807, 2.05) is 25.2 Å². The molecule has 1 fully saturated rings. The number of likely N-dealkylation sites (tertiary alicyclic amines) is 1. The maximum absolute atomic E-state index is 10.9. The molecule has 32 heavy (non-hydrogen) atoms. The first-order valence-electron chi connectivity index (χ1n) is 10.4. The summed E-state index contributed by atoms with van der Waals surface area (Å²) >= 11 is 1.06. The first-order valence-corrected chi connectivity index (χ1v) is 11.3. The predicted molar refractivity (Wildman–Crippen MR) is 123 cm³/mol. The summed E-state index contributed by atoms with van der Waals surface area (Å²) in [5.41, 5.74) is 2.47. The quantitative estimate of drug-likeness (QED) is 0.395. The monoisotopic (exact) mass is 452 g/mol. The molecule has 1 saturated heterocycles. The maximum atomic E-state index is 10.9. The van der Waals surface area contributed by atoms with Crippen LogP contribution < -0.4 is 9.64 Å². The number of thiazole rings is 1. The normalized spacial score (nSPS) is 14.9. The fourth-order valence-electron chi connectivity index (χ4n) is 4.21. The van der Waals surface area contributed by atoms with Gasteiger partial charge in [0, 0.05) is 44.3 Å². The Bertz CT molecular complexity index is 1170. The summed E-state index contributed by atoms with van der Waals surface area (Å²) < 4.78 is 5.36. The van der Waals surface area contributed by atoms with Gasteiger partial charge in [0.1, 0.15) is 11.8 Å². The Morgan fingerprint density at radius 3 is 2.84 bits per heavy atom. The van der Waals surface area contributed by atoms with Gasteiger partial charge in [0.2, 0.25) is 0 Å². The zero-order valence-corrected chi connectivity index (χ0v) is 18.8. The molecule has 2 aromatic heterocycles. The molecular formula is C22H24N6O3S. The Balaban J connectivity index is 1.40. The Morgan fingerprint density at radius 1 is 1.41 bits per heavy atom. The number of hydrogen-bond acceptors (Lipinski definition) is 9. The molecule has 166 valence electrons. The Labute approximate surface area is 190 Å². The van der Waals surface area contributed by atoms with Crippen molar-refractivity contribution < 1.29 is 9.66 Å². The van der Waals surface area contributed by atoms with Gasteiger partial charge in [0.25, 0.3) is 5.82 Å². The highest BCUT2D eigenvalue weighted by Gasteiger charge is 2.27. The summed E-state index contributed by atoms with van der Waals surface area (Å²) in [6, 6.07) is 8.33. The van der Waals surface area contributed by atoms with E-state index in [1.165, 1.54) is 0 Å². The Kier molecular flexibility index (Phi) is 6.48. The van der Waals surface area contributed by atoms with Crippen LogP contribution in [-0.4, -0.2) is 59.6 Å². The number of anilines is 1.